The summed E-state index contributed by atoms with van der Waals surface area (Å²) in [5.41, 5.74) is -1.62. The van der Waals surface area contributed by atoms with Crippen LogP contribution in [0.2, 0.25) is 0 Å². The third kappa shape index (κ3) is 1.50. The molecule has 1 aromatic heterocycles. The van der Waals surface area contributed by atoms with Crippen LogP contribution >= 0.6 is 0 Å². The fourth-order valence-corrected chi connectivity index (χ4v) is 0.868. The minimum Gasteiger partial charge on any atom is -0.203 e. The summed E-state index contributed by atoms with van der Waals surface area (Å²) in [6.07, 6.45) is -0.647. The van der Waals surface area contributed by atoms with E-state index in [1.54, 1.807) is 0 Å². The van der Waals surface area contributed by atoms with Gasteiger partial charge < -0.3 is 0 Å². The first kappa shape index (κ1) is 10.0. The smallest absolute Gasteiger partial charge is 0.203 e. The predicted octanol–water partition coefficient (Wildman–Crippen LogP) is 1.44. The number of rotatable bonds is 1. The molecular formula is C8H2F3N3. The summed E-state index contributed by atoms with van der Waals surface area (Å²) in [4.78, 5) is 2.75. The van der Waals surface area contributed by atoms with Gasteiger partial charge in [-0.15, -0.1) is 0 Å². The van der Waals surface area contributed by atoms with Crippen LogP contribution in [0.4, 0.5) is 13.2 Å². The van der Waals surface area contributed by atoms with Crippen molar-refractivity contribution in [2.45, 2.75) is 6.42 Å². The second kappa shape index (κ2) is 3.75. The molecule has 0 N–H and O–H groups in total. The third-order valence-electron chi connectivity index (χ3n) is 1.49. The monoisotopic (exact) mass is 197 g/mol. The number of hydrogen-bond acceptors (Lipinski definition) is 3. The number of aromatic nitrogens is 1. The Morgan fingerprint density at radius 1 is 1.14 bits per heavy atom. The minimum absolute atomic E-state index is 0.647. The van der Waals surface area contributed by atoms with Crippen molar-refractivity contribution in [3.05, 3.63) is 28.8 Å². The van der Waals surface area contributed by atoms with E-state index in [1.165, 1.54) is 12.1 Å². The van der Waals surface area contributed by atoms with E-state index in [1.807, 2.05) is 0 Å². The summed E-state index contributed by atoms with van der Waals surface area (Å²) in [6, 6.07) is 2.72. The largest absolute Gasteiger partial charge is 0.250 e. The van der Waals surface area contributed by atoms with Crippen LogP contribution in [0.25, 0.3) is 0 Å². The summed E-state index contributed by atoms with van der Waals surface area (Å²) in [5.74, 6) is -4.38. The molecule has 0 unspecified atom stereocenters. The molecule has 0 fully saturated rings. The second-order valence-electron chi connectivity index (χ2n) is 2.30. The highest BCUT2D eigenvalue weighted by Gasteiger charge is 2.19. The van der Waals surface area contributed by atoms with E-state index in [2.05, 4.69) is 4.98 Å². The molecule has 6 heteroatoms. The maximum Gasteiger partial charge on any atom is 0.250 e. The number of halogens is 3. The summed E-state index contributed by atoms with van der Waals surface area (Å²) < 4.78 is 38.5. The summed E-state index contributed by atoms with van der Waals surface area (Å²) in [7, 11) is 0. The molecule has 70 valence electrons. The maximum absolute atomic E-state index is 13.1. The van der Waals surface area contributed by atoms with Crippen LogP contribution in [-0.2, 0) is 6.42 Å². The van der Waals surface area contributed by atoms with Crippen molar-refractivity contribution in [1.82, 2.24) is 4.98 Å². The summed E-state index contributed by atoms with van der Waals surface area (Å²) >= 11 is 0. The minimum atomic E-state index is -1.58. The van der Waals surface area contributed by atoms with Crippen molar-refractivity contribution in [3.63, 3.8) is 0 Å². The van der Waals surface area contributed by atoms with Crippen molar-refractivity contribution in [2.24, 2.45) is 0 Å². The van der Waals surface area contributed by atoms with Crippen molar-refractivity contribution < 1.29 is 13.2 Å². The van der Waals surface area contributed by atoms with Crippen LogP contribution in [-0.4, -0.2) is 4.98 Å². The number of nitrogens with zero attached hydrogens (tertiary/aromatic N) is 3. The van der Waals surface area contributed by atoms with Gasteiger partial charge in [-0.05, 0) is 0 Å². The van der Waals surface area contributed by atoms with E-state index in [0.717, 1.165) is 0 Å². The topological polar surface area (TPSA) is 60.5 Å². The molecule has 0 saturated carbocycles. The quantitative estimate of drug-likeness (QED) is 0.640. The molecule has 1 aromatic rings. The summed E-state index contributed by atoms with van der Waals surface area (Å²) in [5, 5.41) is 16.5. The normalized spacial score (nSPS) is 9.21. The van der Waals surface area contributed by atoms with Crippen LogP contribution in [0.5, 0.6) is 0 Å². The zero-order valence-corrected chi connectivity index (χ0v) is 6.68. The molecule has 0 radical (unpaired) electrons. The van der Waals surface area contributed by atoms with Gasteiger partial charge in [0.05, 0.1) is 12.5 Å². The highest BCUT2D eigenvalue weighted by molar-refractivity contribution is 5.31. The van der Waals surface area contributed by atoms with Crippen LogP contribution in [0.3, 0.4) is 0 Å². The van der Waals surface area contributed by atoms with E-state index < -0.39 is 35.3 Å². The number of pyridine rings is 1. The lowest BCUT2D eigenvalue weighted by molar-refractivity contribution is 0.452. The Morgan fingerprint density at radius 3 is 2.29 bits per heavy atom. The van der Waals surface area contributed by atoms with E-state index >= 15 is 0 Å². The molecular weight excluding hydrogens is 195 g/mol. The van der Waals surface area contributed by atoms with Gasteiger partial charge in [-0.3, -0.25) is 0 Å². The number of nitriles is 2. The number of hydrogen-bond donors (Lipinski definition) is 0. The molecule has 0 atom stereocenters. The van der Waals surface area contributed by atoms with Gasteiger partial charge in [-0.25, -0.2) is 13.8 Å². The molecule has 14 heavy (non-hydrogen) atoms. The van der Waals surface area contributed by atoms with Crippen LogP contribution in [0, 0.1) is 40.2 Å². The highest BCUT2D eigenvalue weighted by Crippen LogP contribution is 2.17. The molecule has 0 spiro atoms. The first-order valence-electron chi connectivity index (χ1n) is 3.42. The second-order valence-corrected chi connectivity index (χ2v) is 2.30. The fraction of sp³-hybridized carbons (Fsp3) is 0.125. The van der Waals surface area contributed by atoms with Crippen molar-refractivity contribution in [1.29, 1.82) is 10.5 Å². The van der Waals surface area contributed by atoms with Gasteiger partial charge in [-0.2, -0.15) is 14.9 Å². The van der Waals surface area contributed by atoms with E-state index in [-0.39, 0.29) is 0 Å². The average molecular weight is 197 g/mol. The zero-order chi connectivity index (χ0) is 10.7. The molecule has 3 nitrogen and oxygen atoms in total. The lowest BCUT2D eigenvalue weighted by Gasteiger charge is -2.01. The van der Waals surface area contributed by atoms with Gasteiger partial charge in [0.15, 0.2) is 17.3 Å². The zero-order valence-electron chi connectivity index (χ0n) is 6.68. The standard InChI is InChI=1S/C8H2F3N3/c9-6-4(1-2-12)7(10)8(11)14-5(6)3-13/h1H2. The summed E-state index contributed by atoms with van der Waals surface area (Å²) in [6.45, 7) is 0. The lowest BCUT2D eigenvalue weighted by atomic mass is 10.1. The average Bonchev–Trinajstić information content (AvgIpc) is 2.18. The highest BCUT2D eigenvalue weighted by atomic mass is 19.2. The van der Waals surface area contributed by atoms with Crippen molar-refractivity contribution >= 4 is 0 Å². The fourth-order valence-electron chi connectivity index (χ4n) is 0.868. The molecule has 0 amide bonds. The van der Waals surface area contributed by atoms with Gasteiger partial charge in [0.25, 0.3) is 5.95 Å². The lowest BCUT2D eigenvalue weighted by Crippen LogP contribution is -2.05. The predicted molar refractivity (Wildman–Crippen MR) is 38.1 cm³/mol. The van der Waals surface area contributed by atoms with Gasteiger partial charge >= 0.3 is 0 Å². The van der Waals surface area contributed by atoms with Gasteiger partial charge in [0.1, 0.15) is 6.07 Å². The van der Waals surface area contributed by atoms with Crippen LogP contribution < -0.4 is 0 Å². The molecule has 0 bridgehead atoms. The molecule has 1 rings (SSSR count). The van der Waals surface area contributed by atoms with E-state index in [9.17, 15) is 13.2 Å². The van der Waals surface area contributed by atoms with Crippen LogP contribution in [0.15, 0.2) is 0 Å². The van der Waals surface area contributed by atoms with E-state index in [0.29, 0.717) is 0 Å². The Hall–Kier alpha value is -2.08. The Kier molecular flexibility index (Phi) is 2.68. The van der Waals surface area contributed by atoms with Gasteiger partial charge in [0, 0.05) is 5.56 Å². The molecule has 0 aromatic carbocycles. The molecule has 0 aliphatic heterocycles. The van der Waals surface area contributed by atoms with E-state index in [4.69, 9.17) is 10.5 Å². The Morgan fingerprint density at radius 2 is 1.79 bits per heavy atom. The molecule has 0 saturated heterocycles. The molecule has 1 heterocycles. The molecule has 0 aliphatic rings. The SMILES string of the molecule is N#CCc1c(F)c(F)nc(C#N)c1F. The first-order chi connectivity index (χ1) is 6.61. The Labute approximate surface area is 77.0 Å². The van der Waals surface area contributed by atoms with Gasteiger partial charge in [0.2, 0.25) is 0 Å². The Bertz CT molecular complexity index is 456. The van der Waals surface area contributed by atoms with Crippen molar-refractivity contribution in [2.75, 3.05) is 0 Å². The third-order valence-corrected chi connectivity index (χ3v) is 1.49. The Balaban J connectivity index is 3.48. The van der Waals surface area contributed by atoms with Gasteiger partial charge in [-0.1, -0.05) is 0 Å². The first-order valence-corrected chi connectivity index (χ1v) is 3.42. The molecule has 0 aliphatic carbocycles. The van der Waals surface area contributed by atoms with Crippen LogP contribution in [0.1, 0.15) is 11.3 Å². The maximum atomic E-state index is 13.1. The van der Waals surface area contributed by atoms with Crippen molar-refractivity contribution in [3.8, 4) is 12.1 Å².